The monoisotopic (exact) mass is 479 g/mol. The number of benzene rings is 1. The second-order valence-electron chi connectivity index (χ2n) is 9.65. The van der Waals surface area contributed by atoms with Gasteiger partial charge in [-0.1, -0.05) is 30.3 Å². The standard InChI is InChI=1S/C26H33N5O4/c32-24(27-17-21-8-4-15-35-21)20-9-13-29(14-10-20)25(33)22-16-23-26(34)30(11-5-12-31(23)28-22)18-19-6-2-1-3-7-19/h1-3,6-7,16,20-21H,4-5,8-15,17-18H2,(H,27,32)/t21-/m1/s1. The molecule has 2 aromatic rings. The van der Waals surface area contributed by atoms with Gasteiger partial charge in [0.15, 0.2) is 5.69 Å². The van der Waals surface area contributed by atoms with Gasteiger partial charge >= 0.3 is 0 Å². The van der Waals surface area contributed by atoms with Crippen molar-refractivity contribution in [3.05, 3.63) is 53.3 Å². The van der Waals surface area contributed by atoms with Crippen LogP contribution in [0.5, 0.6) is 0 Å². The molecule has 4 heterocycles. The van der Waals surface area contributed by atoms with Crippen molar-refractivity contribution >= 4 is 17.7 Å². The first kappa shape index (κ1) is 23.5. The highest BCUT2D eigenvalue weighted by molar-refractivity contribution is 5.98. The Hall–Kier alpha value is -3.20. The van der Waals surface area contributed by atoms with E-state index in [-0.39, 0.29) is 29.7 Å². The lowest BCUT2D eigenvalue weighted by Crippen LogP contribution is -2.44. The molecule has 1 N–H and O–H groups in total. The van der Waals surface area contributed by atoms with Crippen LogP contribution in [0.1, 0.15) is 58.6 Å². The number of piperidine rings is 1. The minimum Gasteiger partial charge on any atom is -0.376 e. The molecule has 5 rings (SSSR count). The van der Waals surface area contributed by atoms with Crippen LogP contribution in [0.3, 0.4) is 0 Å². The number of amides is 3. The number of ether oxygens (including phenoxy) is 1. The first-order chi connectivity index (χ1) is 17.1. The lowest BCUT2D eigenvalue weighted by Gasteiger charge is -2.31. The second kappa shape index (κ2) is 10.6. The molecule has 3 amide bonds. The average Bonchev–Trinajstić information content (AvgIpc) is 3.54. The maximum Gasteiger partial charge on any atom is 0.274 e. The van der Waals surface area contributed by atoms with Gasteiger partial charge in [-0.2, -0.15) is 5.10 Å². The largest absolute Gasteiger partial charge is 0.376 e. The van der Waals surface area contributed by atoms with Crippen molar-refractivity contribution in [1.82, 2.24) is 24.9 Å². The van der Waals surface area contributed by atoms with E-state index in [9.17, 15) is 14.4 Å². The van der Waals surface area contributed by atoms with Crippen molar-refractivity contribution in [2.45, 2.75) is 51.3 Å². The Morgan fingerprint density at radius 3 is 2.57 bits per heavy atom. The second-order valence-corrected chi connectivity index (χ2v) is 9.65. The highest BCUT2D eigenvalue weighted by Crippen LogP contribution is 2.22. The number of rotatable bonds is 6. The van der Waals surface area contributed by atoms with Gasteiger partial charge in [0.1, 0.15) is 5.69 Å². The molecule has 9 heteroatoms. The number of hydrogen-bond acceptors (Lipinski definition) is 5. The summed E-state index contributed by atoms with van der Waals surface area (Å²) in [5, 5.41) is 7.50. The first-order valence-corrected chi connectivity index (χ1v) is 12.7. The number of fused-ring (bicyclic) bond motifs is 1. The molecule has 9 nitrogen and oxygen atoms in total. The van der Waals surface area contributed by atoms with Crippen LogP contribution < -0.4 is 5.32 Å². The fourth-order valence-corrected chi connectivity index (χ4v) is 5.16. The van der Waals surface area contributed by atoms with E-state index in [1.165, 1.54) is 0 Å². The Bertz CT molecular complexity index is 1050. The Labute approximate surface area is 205 Å². The van der Waals surface area contributed by atoms with E-state index in [1.54, 1.807) is 15.6 Å². The summed E-state index contributed by atoms with van der Waals surface area (Å²) < 4.78 is 7.24. The van der Waals surface area contributed by atoms with Crippen molar-refractivity contribution in [3.63, 3.8) is 0 Å². The van der Waals surface area contributed by atoms with Crippen LogP contribution in [-0.4, -0.2) is 76.2 Å². The van der Waals surface area contributed by atoms with Gasteiger partial charge in [-0.3, -0.25) is 19.1 Å². The zero-order chi connectivity index (χ0) is 24.2. The van der Waals surface area contributed by atoms with E-state index in [0.29, 0.717) is 63.5 Å². The summed E-state index contributed by atoms with van der Waals surface area (Å²) in [5.41, 5.74) is 1.84. The van der Waals surface area contributed by atoms with Gasteiger partial charge in [-0.05, 0) is 37.7 Å². The summed E-state index contributed by atoms with van der Waals surface area (Å²) in [6, 6.07) is 11.6. The lowest BCUT2D eigenvalue weighted by atomic mass is 9.95. The quantitative estimate of drug-likeness (QED) is 0.684. The van der Waals surface area contributed by atoms with E-state index in [1.807, 2.05) is 35.2 Å². The SMILES string of the molecule is O=C(NC[C@H]1CCCO1)C1CCN(C(=O)c2cc3n(n2)CCCN(Cc2ccccc2)C3=O)CC1. The maximum absolute atomic E-state index is 13.2. The lowest BCUT2D eigenvalue weighted by molar-refractivity contribution is -0.126. The highest BCUT2D eigenvalue weighted by atomic mass is 16.5. The van der Waals surface area contributed by atoms with Crippen LogP contribution in [0.2, 0.25) is 0 Å². The summed E-state index contributed by atoms with van der Waals surface area (Å²) >= 11 is 0. The summed E-state index contributed by atoms with van der Waals surface area (Å²) in [4.78, 5) is 42.5. The molecule has 0 spiro atoms. The van der Waals surface area contributed by atoms with Crippen molar-refractivity contribution in [1.29, 1.82) is 0 Å². The number of hydrogen-bond donors (Lipinski definition) is 1. The number of carbonyl (C=O) groups is 3. The Kier molecular flexibility index (Phi) is 7.13. The number of nitrogens with zero attached hydrogens (tertiary/aromatic N) is 4. The van der Waals surface area contributed by atoms with E-state index in [4.69, 9.17) is 4.74 Å². The van der Waals surface area contributed by atoms with Gasteiger partial charge in [0.2, 0.25) is 5.91 Å². The topological polar surface area (TPSA) is 96.8 Å². The third kappa shape index (κ3) is 5.40. The van der Waals surface area contributed by atoms with E-state index < -0.39 is 0 Å². The van der Waals surface area contributed by atoms with Gasteiger partial charge < -0.3 is 19.9 Å². The fourth-order valence-electron chi connectivity index (χ4n) is 5.16. The number of nitrogens with one attached hydrogen (secondary N) is 1. The number of carbonyl (C=O) groups excluding carboxylic acids is 3. The van der Waals surface area contributed by atoms with Crippen LogP contribution in [0.15, 0.2) is 36.4 Å². The molecule has 0 radical (unpaired) electrons. The molecule has 0 bridgehead atoms. The third-order valence-corrected chi connectivity index (χ3v) is 7.20. The smallest absolute Gasteiger partial charge is 0.274 e. The maximum atomic E-state index is 13.2. The van der Waals surface area contributed by atoms with Gasteiger partial charge in [0.05, 0.1) is 6.10 Å². The molecular formula is C26H33N5O4. The van der Waals surface area contributed by atoms with Gasteiger partial charge in [-0.15, -0.1) is 0 Å². The van der Waals surface area contributed by atoms with E-state index in [0.717, 1.165) is 31.4 Å². The molecule has 0 unspecified atom stereocenters. The van der Waals surface area contributed by atoms with Gasteiger partial charge in [-0.25, -0.2) is 0 Å². The van der Waals surface area contributed by atoms with E-state index >= 15 is 0 Å². The minimum atomic E-state index is -0.175. The molecule has 3 aliphatic rings. The molecule has 1 aromatic carbocycles. The highest BCUT2D eigenvalue weighted by Gasteiger charge is 2.31. The van der Waals surface area contributed by atoms with Crippen LogP contribution >= 0.6 is 0 Å². The summed E-state index contributed by atoms with van der Waals surface area (Å²) in [6.07, 6.45) is 4.21. The predicted molar refractivity (Wildman–Crippen MR) is 129 cm³/mol. The molecule has 0 aliphatic carbocycles. The zero-order valence-corrected chi connectivity index (χ0v) is 20.0. The summed E-state index contributed by atoms with van der Waals surface area (Å²) in [5.74, 6) is -0.316. The van der Waals surface area contributed by atoms with Crippen molar-refractivity contribution < 1.29 is 19.1 Å². The number of aryl methyl sites for hydroxylation is 1. The predicted octanol–water partition coefficient (Wildman–Crippen LogP) is 2.08. The molecule has 3 aliphatic heterocycles. The fraction of sp³-hybridized carbons (Fsp3) is 0.538. The summed E-state index contributed by atoms with van der Waals surface area (Å²) in [7, 11) is 0. The van der Waals surface area contributed by atoms with Crippen molar-refractivity contribution in [2.24, 2.45) is 5.92 Å². The Morgan fingerprint density at radius 1 is 1.03 bits per heavy atom. The van der Waals surface area contributed by atoms with Crippen LogP contribution in [0.25, 0.3) is 0 Å². The average molecular weight is 480 g/mol. The molecule has 1 aromatic heterocycles. The van der Waals surface area contributed by atoms with Crippen molar-refractivity contribution in [3.8, 4) is 0 Å². The van der Waals surface area contributed by atoms with E-state index in [2.05, 4.69) is 10.4 Å². The van der Waals surface area contributed by atoms with Crippen LogP contribution in [0, 0.1) is 5.92 Å². The van der Waals surface area contributed by atoms with Crippen molar-refractivity contribution in [2.75, 3.05) is 32.8 Å². The first-order valence-electron chi connectivity index (χ1n) is 12.7. The molecule has 1 atom stereocenters. The Balaban J connectivity index is 1.17. The molecule has 2 saturated heterocycles. The normalized spacial score (nSPS) is 21.0. The minimum absolute atomic E-state index is 0.0467. The number of aromatic nitrogens is 2. The molecule has 35 heavy (non-hydrogen) atoms. The summed E-state index contributed by atoms with van der Waals surface area (Å²) in [6.45, 7) is 4.15. The van der Waals surface area contributed by atoms with Gasteiger partial charge in [0.25, 0.3) is 11.8 Å². The van der Waals surface area contributed by atoms with Crippen LogP contribution in [0.4, 0.5) is 0 Å². The zero-order valence-electron chi connectivity index (χ0n) is 20.0. The molecule has 2 fully saturated rings. The molecule has 0 saturated carbocycles. The Morgan fingerprint density at radius 2 is 1.83 bits per heavy atom. The molecule has 186 valence electrons. The molecular weight excluding hydrogens is 446 g/mol. The third-order valence-electron chi connectivity index (χ3n) is 7.20. The van der Waals surface area contributed by atoms with Crippen LogP contribution in [-0.2, 0) is 22.6 Å². The van der Waals surface area contributed by atoms with Gasteiger partial charge in [0, 0.05) is 57.9 Å². The number of likely N-dealkylation sites (tertiary alicyclic amines) is 1.